The molecular formula is C19H30N4O. The van der Waals surface area contributed by atoms with Crippen LogP contribution in [0.3, 0.4) is 0 Å². The molecule has 0 radical (unpaired) electrons. The fourth-order valence-corrected chi connectivity index (χ4v) is 5.14. The average Bonchev–Trinajstić information content (AvgIpc) is 3.30. The summed E-state index contributed by atoms with van der Waals surface area (Å²) in [4.78, 5) is 24.5. The summed E-state index contributed by atoms with van der Waals surface area (Å²) in [6, 6.07) is 0.818. The molecule has 1 aromatic heterocycles. The van der Waals surface area contributed by atoms with Crippen LogP contribution in [-0.2, 0) is 11.2 Å². The third-order valence-corrected chi connectivity index (χ3v) is 6.49. The molecule has 1 aliphatic carbocycles. The average molecular weight is 330 g/mol. The van der Waals surface area contributed by atoms with Crippen LogP contribution >= 0.6 is 0 Å². The molecule has 0 aromatic carbocycles. The van der Waals surface area contributed by atoms with Gasteiger partial charge in [-0.15, -0.1) is 0 Å². The molecule has 1 saturated carbocycles. The Labute approximate surface area is 144 Å². The van der Waals surface area contributed by atoms with Crippen LogP contribution in [0.25, 0.3) is 0 Å². The van der Waals surface area contributed by atoms with Gasteiger partial charge >= 0.3 is 0 Å². The third kappa shape index (κ3) is 3.37. The molecule has 2 aliphatic heterocycles. The van der Waals surface area contributed by atoms with Gasteiger partial charge in [0.1, 0.15) is 0 Å². The SMILES string of the molecule is O=C1CCC2(CCCN(C3CCCC3)C2)CN1CCc1cnc[nH]1. The van der Waals surface area contributed by atoms with E-state index in [1.807, 2.05) is 6.20 Å². The number of imidazole rings is 1. The van der Waals surface area contributed by atoms with E-state index in [1.54, 1.807) is 6.33 Å². The van der Waals surface area contributed by atoms with Gasteiger partial charge in [0.25, 0.3) is 0 Å². The van der Waals surface area contributed by atoms with E-state index in [4.69, 9.17) is 0 Å². The first-order valence-electron chi connectivity index (χ1n) is 9.73. The second kappa shape index (κ2) is 6.87. The van der Waals surface area contributed by atoms with Crippen molar-refractivity contribution in [3.8, 4) is 0 Å². The molecule has 132 valence electrons. The van der Waals surface area contributed by atoms with E-state index in [0.29, 0.717) is 11.3 Å². The largest absolute Gasteiger partial charge is 0.348 e. The minimum Gasteiger partial charge on any atom is -0.348 e. The van der Waals surface area contributed by atoms with E-state index >= 15 is 0 Å². The lowest BCUT2D eigenvalue weighted by atomic mass is 9.73. The number of carbonyl (C=O) groups is 1. The van der Waals surface area contributed by atoms with Gasteiger partial charge in [0.2, 0.25) is 5.91 Å². The molecular weight excluding hydrogens is 300 g/mol. The van der Waals surface area contributed by atoms with Crippen molar-refractivity contribution in [3.63, 3.8) is 0 Å². The van der Waals surface area contributed by atoms with Crippen molar-refractivity contribution in [3.05, 3.63) is 18.2 Å². The van der Waals surface area contributed by atoms with Gasteiger partial charge in [-0.25, -0.2) is 4.98 Å². The van der Waals surface area contributed by atoms with Crippen LogP contribution in [0.4, 0.5) is 0 Å². The van der Waals surface area contributed by atoms with Gasteiger partial charge in [-0.1, -0.05) is 12.8 Å². The summed E-state index contributed by atoms with van der Waals surface area (Å²) in [5.41, 5.74) is 1.47. The maximum atomic E-state index is 12.4. The maximum absolute atomic E-state index is 12.4. The molecule has 4 rings (SSSR count). The Hall–Kier alpha value is -1.36. The number of nitrogens with one attached hydrogen (secondary N) is 1. The molecule has 1 amide bonds. The Morgan fingerprint density at radius 1 is 1.21 bits per heavy atom. The van der Waals surface area contributed by atoms with E-state index in [0.717, 1.165) is 44.1 Å². The molecule has 24 heavy (non-hydrogen) atoms. The molecule has 0 bridgehead atoms. The molecule has 1 N–H and O–H groups in total. The number of likely N-dealkylation sites (tertiary alicyclic amines) is 2. The lowest BCUT2D eigenvalue weighted by molar-refractivity contribution is -0.139. The van der Waals surface area contributed by atoms with Gasteiger partial charge in [0.05, 0.1) is 6.33 Å². The number of aromatic amines is 1. The van der Waals surface area contributed by atoms with E-state index in [1.165, 1.54) is 51.6 Å². The molecule has 3 aliphatic rings. The predicted molar refractivity (Wildman–Crippen MR) is 93.6 cm³/mol. The fourth-order valence-electron chi connectivity index (χ4n) is 5.14. The van der Waals surface area contributed by atoms with Gasteiger partial charge in [-0.05, 0) is 38.6 Å². The predicted octanol–water partition coefficient (Wildman–Crippen LogP) is 2.60. The van der Waals surface area contributed by atoms with Crippen molar-refractivity contribution in [1.82, 2.24) is 19.8 Å². The van der Waals surface area contributed by atoms with Gasteiger partial charge < -0.3 is 9.88 Å². The molecule has 1 atom stereocenters. The van der Waals surface area contributed by atoms with Gasteiger partial charge in [0, 0.05) is 55.8 Å². The number of carbonyl (C=O) groups excluding carboxylic acids is 1. The normalized spacial score (nSPS) is 29.7. The molecule has 5 nitrogen and oxygen atoms in total. The number of amides is 1. The standard InChI is InChI=1S/C19H30N4O/c24-18-6-9-19(14-23(18)11-7-16-12-20-15-21-16)8-3-10-22(13-19)17-4-1-2-5-17/h12,15,17H,1-11,13-14H2,(H,20,21). The number of H-pyrrole nitrogens is 1. The van der Waals surface area contributed by atoms with Crippen LogP contribution in [-0.4, -0.2) is 57.9 Å². The van der Waals surface area contributed by atoms with Gasteiger partial charge in [-0.3, -0.25) is 9.69 Å². The van der Waals surface area contributed by atoms with Crippen LogP contribution in [0, 0.1) is 5.41 Å². The van der Waals surface area contributed by atoms with Crippen molar-refractivity contribution in [1.29, 1.82) is 0 Å². The molecule has 5 heteroatoms. The first kappa shape index (κ1) is 16.1. The lowest BCUT2D eigenvalue weighted by Gasteiger charge is -2.49. The summed E-state index contributed by atoms with van der Waals surface area (Å²) in [6.07, 6.45) is 14.5. The highest BCUT2D eigenvalue weighted by atomic mass is 16.2. The van der Waals surface area contributed by atoms with E-state index < -0.39 is 0 Å². The summed E-state index contributed by atoms with van der Waals surface area (Å²) in [6.45, 7) is 4.27. The number of hydrogen-bond acceptors (Lipinski definition) is 3. The number of piperidine rings is 2. The zero-order valence-electron chi connectivity index (χ0n) is 14.7. The first-order chi connectivity index (χ1) is 11.7. The van der Waals surface area contributed by atoms with Crippen LogP contribution < -0.4 is 0 Å². The summed E-state index contributed by atoms with van der Waals surface area (Å²) in [7, 11) is 0. The monoisotopic (exact) mass is 330 g/mol. The number of nitrogens with zero attached hydrogens (tertiary/aromatic N) is 3. The maximum Gasteiger partial charge on any atom is 0.222 e. The van der Waals surface area contributed by atoms with Gasteiger partial charge in [-0.2, -0.15) is 0 Å². The van der Waals surface area contributed by atoms with Crippen LogP contribution in [0.5, 0.6) is 0 Å². The minimum absolute atomic E-state index is 0.345. The summed E-state index contributed by atoms with van der Waals surface area (Å²) in [5, 5.41) is 0. The summed E-state index contributed by atoms with van der Waals surface area (Å²) in [5.74, 6) is 0.345. The molecule has 1 spiro atoms. The topological polar surface area (TPSA) is 52.2 Å². The molecule has 1 aromatic rings. The van der Waals surface area contributed by atoms with E-state index in [-0.39, 0.29) is 0 Å². The highest BCUT2D eigenvalue weighted by molar-refractivity contribution is 5.77. The van der Waals surface area contributed by atoms with Crippen molar-refractivity contribution in [2.24, 2.45) is 5.41 Å². The Kier molecular flexibility index (Phi) is 4.61. The van der Waals surface area contributed by atoms with Crippen molar-refractivity contribution in [2.75, 3.05) is 26.2 Å². The third-order valence-electron chi connectivity index (χ3n) is 6.49. The van der Waals surface area contributed by atoms with Crippen molar-refractivity contribution >= 4 is 5.91 Å². The highest BCUT2D eigenvalue weighted by Crippen LogP contribution is 2.41. The summed E-state index contributed by atoms with van der Waals surface area (Å²) < 4.78 is 0. The molecule has 3 fully saturated rings. The lowest BCUT2D eigenvalue weighted by Crippen LogP contribution is -2.55. The van der Waals surface area contributed by atoms with E-state index in [2.05, 4.69) is 19.8 Å². The zero-order chi connectivity index (χ0) is 16.4. The van der Waals surface area contributed by atoms with Crippen molar-refractivity contribution in [2.45, 2.75) is 63.8 Å². The Balaban J connectivity index is 1.39. The van der Waals surface area contributed by atoms with Crippen LogP contribution in [0.15, 0.2) is 12.5 Å². The van der Waals surface area contributed by atoms with Crippen LogP contribution in [0.1, 0.15) is 57.1 Å². The second-order valence-corrected chi connectivity index (χ2v) is 8.15. The minimum atomic E-state index is 0.345. The number of rotatable bonds is 4. The van der Waals surface area contributed by atoms with Gasteiger partial charge in [0.15, 0.2) is 0 Å². The summed E-state index contributed by atoms with van der Waals surface area (Å²) >= 11 is 0. The fraction of sp³-hybridized carbons (Fsp3) is 0.789. The number of aromatic nitrogens is 2. The van der Waals surface area contributed by atoms with Crippen molar-refractivity contribution < 1.29 is 4.79 Å². The first-order valence-corrected chi connectivity index (χ1v) is 9.73. The molecule has 3 heterocycles. The Bertz CT molecular complexity index is 552. The smallest absolute Gasteiger partial charge is 0.222 e. The van der Waals surface area contributed by atoms with Crippen LogP contribution in [0.2, 0.25) is 0 Å². The zero-order valence-corrected chi connectivity index (χ0v) is 14.7. The number of hydrogen-bond donors (Lipinski definition) is 1. The molecule has 2 saturated heterocycles. The quantitative estimate of drug-likeness (QED) is 0.923. The highest BCUT2D eigenvalue weighted by Gasteiger charge is 2.43. The second-order valence-electron chi connectivity index (χ2n) is 8.15. The Morgan fingerprint density at radius 2 is 2.08 bits per heavy atom. The molecule has 1 unspecified atom stereocenters. The Morgan fingerprint density at radius 3 is 2.88 bits per heavy atom. The van der Waals surface area contributed by atoms with E-state index in [9.17, 15) is 4.79 Å².